The normalized spacial score (nSPS) is 11.8. The van der Waals surface area contributed by atoms with Gasteiger partial charge in [-0.2, -0.15) is 5.10 Å². The summed E-state index contributed by atoms with van der Waals surface area (Å²) in [5, 5.41) is 7.51. The third-order valence-electron chi connectivity index (χ3n) is 6.65. The summed E-state index contributed by atoms with van der Waals surface area (Å²) in [5.41, 5.74) is 3.73. The lowest BCUT2D eigenvalue weighted by Gasteiger charge is -2.27. The topological polar surface area (TPSA) is 89.3 Å². The van der Waals surface area contributed by atoms with Crippen LogP contribution in [0.25, 0.3) is 10.9 Å². The summed E-state index contributed by atoms with van der Waals surface area (Å²) in [7, 11) is 1.58. The van der Waals surface area contributed by atoms with Crippen LogP contribution in [0.5, 0.6) is 11.5 Å². The van der Waals surface area contributed by atoms with Crippen molar-refractivity contribution >= 4 is 43.0 Å². The van der Waals surface area contributed by atoms with E-state index in [4.69, 9.17) is 4.74 Å². The van der Waals surface area contributed by atoms with Crippen molar-refractivity contribution in [3.05, 3.63) is 71.9 Å². The third-order valence-corrected chi connectivity index (χ3v) is 8.82. The minimum atomic E-state index is -0.461. The van der Waals surface area contributed by atoms with E-state index in [1.54, 1.807) is 42.3 Å². The molecular formula is C31H39FN5O3P. The van der Waals surface area contributed by atoms with Crippen LogP contribution in [0.15, 0.2) is 55.0 Å². The van der Waals surface area contributed by atoms with Gasteiger partial charge in [-0.1, -0.05) is 13.0 Å². The van der Waals surface area contributed by atoms with E-state index in [9.17, 15) is 14.0 Å². The smallest absolute Gasteiger partial charge is 0.211 e. The molecule has 10 heteroatoms. The number of amides is 1. The van der Waals surface area contributed by atoms with Gasteiger partial charge < -0.3 is 19.5 Å². The molecule has 1 N–H and O–H groups in total. The summed E-state index contributed by atoms with van der Waals surface area (Å²) in [6, 6.07) is 11.4. The van der Waals surface area contributed by atoms with E-state index in [0.29, 0.717) is 41.9 Å². The zero-order chi connectivity index (χ0) is 30.2. The van der Waals surface area contributed by atoms with E-state index >= 15 is 0 Å². The first-order valence-electron chi connectivity index (χ1n) is 13.5. The number of ether oxygens (including phenoxy) is 1. The second-order valence-corrected chi connectivity index (χ2v) is 13.0. The second-order valence-electron chi connectivity index (χ2n) is 10.6. The Morgan fingerprint density at radius 2 is 1.90 bits per heavy atom. The molecule has 2 aromatic carbocycles. The van der Waals surface area contributed by atoms with Crippen molar-refractivity contribution in [3.8, 4) is 11.5 Å². The molecule has 0 aliphatic heterocycles. The zero-order valence-electron chi connectivity index (χ0n) is 24.8. The number of nitrogens with zero attached hydrogens (tertiary/aromatic N) is 4. The second kappa shape index (κ2) is 14.2. The summed E-state index contributed by atoms with van der Waals surface area (Å²) < 4.78 is 24.7. The van der Waals surface area contributed by atoms with Crippen molar-refractivity contribution in [2.75, 3.05) is 29.9 Å². The zero-order valence-corrected chi connectivity index (χ0v) is 25.7. The molecule has 0 saturated heterocycles. The number of aldehydes is 1. The number of carbonyl (C=O) groups excluding carboxylic acids is 2. The predicted octanol–water partition coefficient (Wildman–Crippen LogP) is 7.30. The average molecular weight is 580 g/mol. The first kappa shape index (κ1) is 31.7. The van der Waals surface area contributed by atoms with Gasteiger partial charge in [0.05, 0.1) is 22.9 Å². The average Bonchev–Trinajstić information content (AvgIpc) is 3.44. The highest BCUT2D eigenvalue weighted by molar-refractivity contribution is 7.58. The monoisotopic (exact) mass is 579 g/mol. The number of pyridine rings is 1. The number of aromatic nitrogens is 3. The van der Waals surface area contributed by atoms with Crippen LogP contribution < -0.4 is 14.7 Å². The highest BCUT2D eigenvalue weighted by Crippen LogP contribution is 2.41. The fourth-order valence-electron chi connectivity index (χ4n) is 4.04. The Balaban J connectivity index is 0.000000322. The van der Waals surface area contributed by atoms with Gasteiger partial charge in [-0.3, -0.25) is 14.5 Å². The molecule has 0 fully saturated rings. The SMILES string of the molecule is CC(C)(C)n1cc(NC=O)cn1.CCc1ccc(Oc2ccnc3ccc(N(C)P(C)CCC=O)cc23)c(C)c1F. The van der Waals surface area contributed by atoms with E-state index in [1.165, 1.54) is 0 Å². The molecular weight excluding hydrogens is 540 g/mol. The Morgan fingerprint density at radius 3 is 2.54 bits per heavy atom. The van der Waals surface area contributed by atoms with Crippen LogP contribution in [0, 0.1) is 12.7 Å². The molecule has 218 valence electrons. The van der Waals surface area contributed by atoms with Gasteiger partial charge in [0.2, 0.25) is 6.41 Å². The summed E-state index contributed by atoms with van der Waals surface area (Å²) >= 11 is 0. The molecule has 1 atom stereocenters. The molecule has 0 bridgehead atoms. The lowest BCUT2D eigenvalue weighted by atomic mass is 10.1. The summed E-state index contributed by atoms with van der Waals surface area (Å²) in [6.45, 7) is 12.0. The Kier molecular flexibility index (Phi) is 11.0. The molecule has 1 amide bonds. The quantitative estimate of drug-likeness (QED) is 0.157. The molecule has 0 radical (unpaired) electrons. The molecule has 4 rings (SSSR count). The van der Waals surface area contributed by atoms with Gasteiger partial charge in [-0.15, -0.1) is 0 Å². The molecule has 41 heavy (non-hydrogen) atoms. The number of nitrogens with one attached hydrogen (secondary N) is 1. The number of hydrogen-bond acceptors (Lipinski definition) is 6. The van der Waals surface area contributed by atoms with Crippen LogP contribution >= 0.6 is 8.07 Å². The lowest BCUT2D eigenvalue weighted by molar-refractivity contribution is -0.107. The van der Waals surface area contributed by atoms with Crippen LogP contribution in [0.3, 0.4) is 0 Å². The summed E-state index contributed by atoms with van der Waals surface area (Å²) in [5.74, 6) is 0.940. The summed E-state index contributed by atoms with van der Waals surface area (Å²) in [6.07, 6.45) is 8.79. The van der Waals surface area contributed by atoms with Gasteiger partial charge in [-0.25, -0.2) is 4.39 Å². The highest BCUT2D eigenvalue weighted by Gasteiger charge is 2.15. The van der Waals surface area contributed by atoms with Crippen LogP contribution in [0.4, 0.5) is 15.8 Å². The van der Waals surface area contributed by atoms with Crippen molar-refractivity contribution in [2.24, 2.45) is 0 Å². The summed E-state index contributed by atoms with van der Waals surface area (Å²) in [4.78, 5) is 25.2. The van der Waals surface area contributed by atoms with E-state index in [2.05, 4.69) is 26.7 Å². The first-order chi connectivity index (χ1) is 19.5. The van der Waals surface area contributed by atoms with E-state index in [1.807, 2.05) is 59.0 Å². The molecule has 0 saturated carbocycles. The number of benzene rings is 2. The maximum absolute atomic E-state index is 14.5. The van der Waals surface area contributed by atoms with Crippen molar-refractivity contribution in [1.29, 1.82) is 0 Å². The minimum absolute atomic E-state index is 0.0389. The molecule has 1 unspecified atom stereocenters. The molecule has 2 heterocycles. The standard InChI is InChI=1S/C23H26FN2O2P.C8H13N3O/c1-5-17-7-10-21(16(2)23(17)24)28-22-11-12-25-20-9-8-18(15-19(20)22)26(3)29(4)14-6-13-27;1-8(2,3)11-5-7(4-10-11)9-6-12/h7-13,15H,5-6,14H2,1-4H3;4-6H,1-3H3,(H,9,12). The first-order valence-corrected chi connectivity index (χ1v) is 15.4. The van der Waals surface area contributed by atoms with Gasteiger partial charge in [0, 0.05) is 42.5 Å². The lowest BCUT2D eigenvalue weighted by Crippen LogP contribution is -2.21. The highest BCUT2D eigenvalue weighted by atomic mass is 31.1. The van der Waals surface area contributed by atoms with E-state index < -0.39 is 8.07 Å². The van der Waals surface area contributed by atoms with Gasteiger partial charge >= 0.3 is 0 Å². The van der Waals surface area contributed by atoms with Crippen molar-refractivity contribution in [3.63, 3.8) is 0 Å². The Morgan fingerprint density at radius 1 is 1.15 bits per heavy atom. The molecule has 2 aromatic heterocycles. The van der Waals surface area contributed by atoms with Crippen molar-refractivity contribution in [1.82, 2.24) is 14.8 Å². The van der Waals surface area contributed by atoms with Gasteiger partial charge in [0.15, 0.2) is 0 Å². The van der Waals surface area contributed by atoms with Crippen molar-refractivity contribution < 1.29 is 18.7 Å². The van der Waals surface area contributed by atoms with Crippen molar-refractivity contribution in [2.45, 2.75) is 53.0 Å². The number of halogens is 1. The van der Waals surface area contributed by atoms with Crippen LogP contribution in [0.1, 0.15) is 45.2 Å². The predicted molar refractivity (Wildman–Crippen MR) is 166 cm³/mol. The maximum atomic E-state index is 14.5. The van der Waals surface area contributed by atoms with Gasteiger partial charge in [-0.05, 0) is 90.9 Å². The fraction of sp³-hybridized carbons (Fsp3) is 0.355. The number of rotatable bonds is 10. The number of anilines is 2. The molecule has 0 spiro atoms. The number of fused-ring (bicyclic) bond motifs is 1. The Bertz CT molecular complexity index is 1480. The van der Waals surface area contributed by atoms with E-state index in [-0.39, 0.29) is 11.4 Å². The number of hydrogen-bond donors (Lipinski definition) is 1. The Labute approximate surface area is 242 Å². The largest absolute Gasteiger partial charge is 0.456 e. The molecule has 0 aliphatic rings. The minimum Gasteiger partial charge on any atom is -0.456 e. The number of carbonyl (C=O) groups is 2. The van der Waals surface area contributed by atoms with Gasteiger partial charge in [0.25, 0.3) is 0 Å². The molecule has 8 nitrogen and oxygen atoms in total. The Hall–Kier alpha value is -3.84. The number of aryl methyl sites for hydroxylation is 1. The molecule has 0 aliphatic carbocycles. The fourth-order valence-corrected chi connectivity index (χ4v) is 5.34. The van der Waals surface area contributed by atoms with Crippen LogP contribution in [-0.2, 0) is 21.5 Å². The van der Waals surface area contributed by atoms with Crippen LogP contribution in [0.2, 0.25) is 0 Å². The van der Waals surface area contributed by atoms with Gasteiger partial charge in [0.1, 0.15) is 23.6 Å². The molecule has 4 aromatic rings. The maximum Gasteiger partial charge on any atom is 0.211 e. The van der Waals surface area contributed by atoms with Crippen LogP contribution in [-0.4, -0.2) is 47.3 Å². The third kappa shape index (κ3) is 8.10. The van der Waals surface area contributed by atoms with E-state index in [0.717, 1.165) is 34.7 Å².